The molecule has 20 nitrogen and oxygen atoms in total. The number of benzene rings is 10. The molecule has 21 heteroatoms. The lowest BCUT2D eigenvalue weighted by Gasteiger charge is -2.12. The Hall–Kier alpha value is -15.3. The van der Waals surface area contributed by atoms with Gasteiger partial charge in [0.2, 0.25) is 0 Å². The highest BCUT2D eigenvalue weighted by Gasteiger charge is 2.19. The summed E-state index contributed by atoms with van der Waals surface area (Å²) in [5, 5.41) is 4.63. The molecule has 11 aromatic rings. The van der Waals surface area contributed by atoms with Gasteiger partial charge in [0.25, 0.3) is 0 Å². The molecule has 0 spiro atoms. The molecule has 0 atom stereocenters. The first-order valence-electron chi connectivity index (χ1n) is 39.5. The van der Waals surface area contributed by atoms with Gasteiger partial charge in [-0.25, -0.2) is 52.3 Å². The number of halogens is 1. The van der Waals surface area contributed by atoms with Gasteiger partial charge in [-0.1, -0.05) is 174 Å². The average molecular weight is 1690 g/mol. The zero-order chi connectivity index (χ0) is 91.3. The van der Waals surface area contributed by atoms with Crippen LogP contribution in [0.4, 0.5) is 4.39 Å². The van der Waals surface area contributed by atoms with E-state index in [1.807, 2.05) is 103 Å². The smallest absolute Gasteiger partial charge is 0.344 e. The van der Waals surface area contributed by atoms with Gasteiger partial charge in [-0.3, -0.25) is 0 Å². The largest absolute Gasteiger partial charge is 0.462 e. The van der Waals surface area contributed by atoms with Gasteiger partial charge in [-0.15, -0.1) is 0 Å². The molecule has 0 unspecified atom stereocenters. The van der Waals surface area contributed by atoms with E-state index in [1.54, 1.807) is 159 Å². The molecule has 0 aliphatic rings. The van der Waals surface area contributed by atoms with Gasteiger partial charge >= 0.3 is 59.3 Å². The quantitative estimate of drug-likeness (QED) is 0.00743. The maximum Gasteiger partial charge on any atom is 0.344 e. The van der Waals surface area contributed by atoms with E-state index in [-0.39, 0.29) is 30.6 Å². The van der Waals surface area contributed by atoms with Crippen molar-refractivity contribution in [1.29, 1.82) is 0 Å². The van der Waals surface area contributed by atoms with Gasteiger partial charge in [-0.05, 0) is 263 Å². The van der Waals surface area contributed by atoms with Crippen LogP contribution in [0, 0.1) is 5.82 Å². The lowest BCUT2D eigenvalue weighted by atomic mass is 9.98. The highest BCUT2D eigenvalue weighted by atomic mass is 19.1. The van der Waals surface area contributed by atoms with E-state index in [9.17, 15) is 52.3 Å². The minimum Gasteiger partial charge on any atom is -0.462 e. The average Bonchev–Trinajstić information content (AvgIpc) is 0.786. The van der Waals surface area contributed by atoms with Crippen LogP contribution in [0.1, 0.15) is 98.3 Å². The van der Waals surface area contributed by atoms with Crippen LogP contribution in [0.3, 0.4) is 0 Å². The number of carbonyl (C=O) groups is 9. The lowest BCUT2D eigenvalue weighted by Crippen LogP contribution is -2.09. The first-order chi connectivity index (χ1) is 59.4. The number of rotatable bonds is 31. The van der Waals surface area contributed by atoms with E-state index in [1.165, 1.54) is 6.07 Å². The zero-order valence-electron chi connectivity index (χ0n) is 71.4. The Bertz CT molecular complexity index is 5940. The number of aryl methyl sites for hydroxylation is 3. The second kappa shape index (κ2) is 45.4. The Labute approximate surface area is 725 Å². The van der Waals surface area contributed by atoms with Crippen LogP contribution in [0.2, 0.25) is 0 Å². The molecule has 0 N–H and O–H groups in total. The third kappa shape index (κ3) is 28.7. The molecule has 0 saturated heterocycles. The SMILES string of the molecule is C=C(C)C(=O)OCCCc1cc(CCCOC(=O)C(=C)C)c2oc(=O)c(-c3ccc(OC(=O)C(=C)C)cc3)cc2c1.C=C(C)C(=O)OCCCc1ccc(-c2ccc(-c3ccc(OC(=O)C(=C)C)cc3)c(F)c2)cc1.C=C(C)C(=O)Oc1ccc(-c2ccc(OC(=O)C(=C)C)cc2)cc1.C=C(C)C(=O)Oc1ccc2c(ccc3cc(OC(=O)C(=C)C)ccc32)c1. The van der Waals surface area contributed by atoms with Gasteiger partial charge in [0.1, 0.15) is 45.9 Å². The molecule has 0 radical (unpaired) electrons. The first-order valence-corrected chi connectivity index (χ1v) is 39.5. The molecule has 10 aromatic carbocycles. The third-order valence-corrected chi connectivity index (χ3v) is 18.3. The number of carbonyl (C=O) groups excluding carboxylic acids is 9. The summed E-state index contributed by atoms with van der Waals surface area (Å²) in [6, 6.07) is 60.9. The van der Waals surface area contributed by atoms with E-state index in [4.69, 9.17) is 47.0 Å². The van der Waals surface area contributed by atoms with Crippen molar-refractivity contribution in [2.24, 2.45) is 0 Å². The van der Waals surface area contributed by atoms with Crippen molar-refractivity contribution in [2.75, 3.05) is 19.8 Å². The Morgan fingerprint density at radius 2 is 0.576 bits per heavy atom. The highest BCUT2D eigenvalue weighted by molar-refractivity contribution is 6.09. The van der Waals surface area contributed by atoms with Crippen molar-refractivity contribution in [3.63, 3.8) is 0 Å². The number of ether oxygens (including phenoxy) is 9. The molecule has 0 fully saturated rings. The van der Waals surface area contributed by atoms with Crippen LogP contribution >= 0.6 is 0 Å². The van der Waals surface area contributed by atoms with Crippen molar-refractivity contribution in [3.05, 3.63) is 349 Å². The molecule has 0 aliphatic heterocycles. The van der Waals surface area contributed by atoms with Gasteiger partial charge < -0.3 is 47.0 Å². The number of esters is 9. The molecule has 0 bridgehead atoms. The summed E-state index contributed by atoms with van der Waals surface area (Å²) in [7, 11) is 0. The minimum atomic E-state index is -0.535. The number of hydrogen-bond acceptors (Lipinski definition) is 20. The predicted molar refractivity (Wildman–Crippen MR) is 484 cm³/mol. The van der Waals surface area contributed by atoms with Crippen LogP contribution in [-0.4, -0.2) is 73.5 Å². The summed E-state index contributed by atoms with van der Waals surface area (Å²) in [4.78, 5) is 118. The Balaban J connectivity index is 0.000000211. The fourth-order valence-electron chi connectivity index (χ4n) is 11.5. The van der Waals surface area contributed by atoms with Gasteiger partial charge in [0, 0.05) is 61.1 Å². The first kappa shape index (κ1) is 95.2. The minimum absolute atomic E-state index is 0.193. The highest BCUT2D eigenvalue weighted by Crippen LogP contribution is 2.35. The molecule has 1 aromatic heterocycles. The maximum atomic E-state index is 14.9. The Morgan fingerprint density at radius 3 is 0.928 bits per heavy atom. The van der Waals surface area contributed by atoms with Gasteiger partial charge in [0.05, 0.1) is 25.4 Å². The fraction of sp³-hybridized carbons (Fsp3) is 0.173. The lowest BCUT2D eigenvalue weighted by molar-refractivity contribution is -0.139. The van der Waals surface area contributed by atoms with Crippen molar-refractivity contribution < 1.29 is 94.6 Å². The summed E-state index contributed by atoms with van der Waals surface area (Å²) in [6.07, 6.45) is 3.72. The number of fused-ring (bicyclic) bond motifs is 4. The molecule has 11 rings (SSSR count). The van der Waals surface area contributed by atoms with Crippen LogP contribution in [0.15, 0.2) is 325 Å². The fourth-order valence-corrected chi connectivity index (χ4v) is 11.5. The van der Waals surface area contributed by atoms with Crippen molar-refractivity contribution in [2.45, 2.75) is 101 Å². The van der Waals surface area contributed by atoms with Gasteiger partial charge in [-0.2, -0.15) is 0 Å². The Kier molecular flexibility index (Phi) is 34.6. The van der Waals surface area contributed by atoms with Crippen LogP contribution < -0.4 is 34.0 Å². The molecular formula is C104H97FO20. The normalized spacial score (nSPS) is 10.4. The monoisotopic (exact) mass is 1680 g/mol. The predicted octanol–water partition coefficient (Wildman–Crippen LogP) is 22.0. The summed E-state index contributed by atoms with van der Waals surface area (Å²) >= 11 is 0. The number of hydrogen-bond donors (Lipinski definition) is 0. The van der Waals surface area contributed by atoms with E-state index >= 15 is 0 Å². The molecule has 125 heavy (non-hydrogen) atoms. The summed E-state index contributed by atoms with van der Waals surface area (Å²) in [5.41, 5.74) is 11.5. The van der Waals surface area contributed by atoms with E-state index in [0.717, 1.165) is 72.3 Å². The van der Waals surface area contributed by atoms with Crippen molar-refractivity contribution in [1.82, 2.24) is 0 Å². The maximum absolute atomic E-state index is 14.9. The molecular weight excluding hydrogens is 1590 g/mol. The standard InChI is InChI=1S/C33H34O8.C29H27FO4.C22H18O4.C20H18O4/c1-20(2)30(34)38-15-7-9-23-17-25(10-8-16-39-31(35)21(3)4)29-26(18-23)19-28(33(37)41-29)24-11-13-27(14-12-24)40-32(36)22(5)6;1-19(2)28(31)33-17-5-6-21-7-9-22(10-8-21)24-13-16-26(27(30)18-24)23-11-14-25(15-12-23)34-29(32)20(3)4;1-13(2)21(23)25-17-7-9-19-15(11-17)5-6-16-12-18(8-10-20(16)19)26-22(24)14(3)4;1-13(2)19(21)23-17-9-5-15(6-10-17)16-7-11-18(12-8-16)24-20(22)14(3)4/h11-14,17-19H,1,3,5,7-10,15-16H2,2,4,6H3;7-16,18H,1,3,5-6,17H2,2,4H3;5-12H,1,3H2,2,4H3;5-12H,1,3H2,2,4H3. The summed E-state index contributed by atoms with van der Waals surface area (Å²) in [5.74, 6) is -1.88. The summed E-state index contributed by atoms with van der Waals surface area (Å²) in [6.45, 7) is 47.2. The van der Waals surface area contributed by atoms with Crippen LogP contribution in [0.5, 0.6) is 34.5 Å². The molecule has 0 saturated carbocycles. The molecule has 640 valence electrons. The van der Waals surface area contributed by atoms with Gasteiger partial charge in [0.15, 0.2) is 0 Å². The molecule has 1 heterocycles. The summed E-state index contributed by atoms with van der Waals surface area (Å²) < 4.78 is 67.5. The van der Waals surface area contributed by atoms with Crippen LogP contribution in [-0.2, 0) is 76.6 Å². The van der Waals surface area contributed by atoms with E-state index < -0.39 is 53.4 Å². The van der Waals surface area contributed by atoms with E-state index in [2.05, 4.69) is 59.2 Å². The van der Waals surface area contributed by atoms with Crippen molar-refractivity contribution >= 4 is 86.2 Å². The van der Waals surface area contributed by atoms with Crippen LogP contribution in [0.25, 0.3) is 77.0 Å². The topological polar surface area (TPSA) is 267 Å². The third-order valence-electron chi connectivity index (χ3n) is 18.3. The Morgan fingerprint density at radius 1 is 0.280 bits per heavy atom. The second-order valence-corrected chi connectivity index (χ2v) is 29.5. The molecule has 0 amide bonds. The molecule has 0 aliphatic carbocycles. The second-order valence-electron chi connectivity index (χ2n) is 29.5. The zero-order valence-corrected chi connectivity index (χ0v) is 71.4. The van der Waals surface area contributed by atoms with E-state index in [0.29, 0.717) is 146 Å². The van der Waals surface area contributed by atoms with Crippen molar-refractivity contribution in [3.8, 4) is 79.0 Å².